The lowest BCUT2D eigenvalue weighted by atomic mass is 9.83. The Kier molecular flexibility index (Phi) is 20.7. The minimum Gasteiger partial charge on any atom is -0.478 e. The Morgan fingerprint density at radius 2 is 1.65 bits per heavy atom. The summed E-state index contributed by atoms with van der Waals surface area (Å²) >= 11 is 0. The van der Waals surface area contributed by atoms with E-state index in [4.69, 9.17) is 33.2 Å². The van der Waals surface area contributed by atoms with Crippen molar-refractivity contribution in [2.24, 2.45) is 11.8 Å². The maximum atomic E-state index is 14.7. The van der Waals surface area contributed by atoms with Crippen LogP contribution in [0.25, 0.3) is 0 Å². The van der Waals surface area contributed by atoms with Gasteiger partial charge in [0.15, 0.2) is 12.6 Å². The van der Waals surface area contributed by atoms with Gasteiger partial charge < -0.3 is 73.6 Å². The first-order valence-corrected chi connectivity index (χ1v) is 25.3. The van der Waals surface area contributed by atoms with Crippen LogP contribution < -0.4 is 0 Å². The molecular formula is C51H84FN5O15. The summed E-state index contributed by atoms with van der Waals surface area (Å²) in [6.07, 6.45) is -8.43. The summed E-state index contributed by atoms with van der Waals surface area (Å²) in [4.78, 5) is 29.6. The molecule has 0 bridgehead atoms. The molecule has 3 aliphatic heterocycles. The minimum absolute atomic E-state index is 0.0793. The molecule has 21 heteroatoms. The number of aromatic nitrogens is 3. The topological polar surface area (TPSA) is 257 Å². The summed E-state index contributed by atoms with van der Waals surface area (Å²) in [5.41, 5.74) is -3.37. The molecule has 410 valence electrons. The summed E-state index contributed by atoms with van der Waals surface area (Å²) < 4.78 is 59.5. The normalized spacial score (nSPS) is 38.9. The third-order valence-corrected chi connectivity index (χ3v) is 15.6. The number of alkyl halides is 1. The van der Waals surface area contributed by atoms with Crippen molar-refractivity contribution < 1.29 is 77.8 Å². The SMILES string of the molecule is CC[C@H]1OC(=O)[C@H](C)[C@@H](O[C@H]2C[C@@](C)(OC)[C@@H](O)[C@H](C)O2)C[C@@H](O[C@@H]2O[C@H](C)C[C@H](N(C)CCc3cn([C@H](CF)[C@H](OC)c4ccc(C(=O)O)cc4)nn3)[C@H]2O)[C@](C)(O)C[C@@H](C)CN(C)[C@H](C)[C@@H](O)[C@]1(C)O. The Labute approximate surface area is 424 Å². The maximum Gasteiger partial charge on any atom is 0.335 e. The summed E-state index contributed by atoms with van der Waals surface area (Å²) in [6, 6.07) is 4.02. The molecule has 3 aliphatic rings. The molecule has 0 amide bonds. The van der Waals surface area contributed by atoms with Crippen LogP contribution in [-0.2, 0) is 44.4 Å². The number of aliphatic hydroxyl groups excluding tert-OH is 3. The van der Waals surface area contributed by atoms with E-state index in [0.29, 0.717) is 37.2 Å². The zero-order valence-electron chi connectivity index (χ0n) is 44.5. The smallest absolute Gasteiger partial charge is 0.335 e. The molecule has 4 heterocycles. The van der Waals surface area contributed by atoms with Crippen LogP contribution in [0.15, 0.2) is 30.5 Å². The zero-order chi connectivity index (χ0) is 53.6. The summed E-state index contributed by atoms with van der Waals surface area (Å²) in [5, 5.41) is 77.2. The first-order chi connectivity index (χ1) is 33.7. The molecule has 1 aromatic heterocycles. The number of halogens is 1. The highest BCUT2D eigenvalue weighted by molar-refractivity contribution is 5.87. The lowest BCUT2D eigenvalue weighted by Gasteiger charge is -2.47. The van der Waals surface area contributed by atoms with Crippen LogP contribution >= 0.6 is 0 Å². The highest BCUT2D eigenvalue weighted by Gasteiger charge is 2.51. The predicted molar refractivity (Wildman–Crippen MR) is 260 cm³/mol. The first-order valence-electron chi connectivity index (χ1n) is 25.3. The number of carboxylic acids is 1. The number of hydrogen-bond donors (Lipinski definition) is 6. The molecule has 1 aromatic carbocycles. The van der Waals surface area contributed by atoms with E-state index in [2.05, 4.69) is 10.3 Å². The zero-order valence-corrected chi connectivity index (χ0v) is 44.5. The summed E-state index contributed by atoms with van der Waals surface area (Å²) in [5.74, 6) is -3.12. The second-order valence-electron chi connectivity index (χ2n) is 21.4. The van der Waals surface area contributed by atoms with Crippen molar-refractivity contribution in [3.63, 3.8) is 0 Å². The number of likely N-dealkylation sites (N-methyl/N-ethyl adjacent to an activating group) is 2. The van der Waals surface area contributed by atoms with Crippen molar-refractivity contribution in [2.75, 3.05) is 48.1 Å². The number of esters is 1. The molecule has 5 rings (SSSR count). The fraction of sp³-hybridized carbons (Fsp3) is 0.804. The molecule has 3 fully saturated rings. The van der Waals surface area contributed by atoms with Gasteiger partial charge in [0.05, 0.1) is 52.8 Å². The lowest BCUT2D eigenvalue weighted by molar-refractivity contribution is -0.308. The number of carboxylic acid groups (broad SMARTS) is 1. The van der Waals surface area contributed by atoms with E-state index in [1.54, 1.807) is 59.9 Å². The molecule has 20 nitrogen and oxygen atoms in total. The van der Waals surface area contributed by atoms with Crippen LogP contribution in [0.1, 0.15) is 128 Å². The second-order valence-corrected chi connectivity index (χ2v) is 21.4. The Morgan fingerprint density at radius 3 is 2.25 bits per heavy atom. The van der Waals surface area contributed by atoms with Crippen molar-refractivity contribution in [3.05, 3.63) is 47.3 Å². The second kappa shape index (κ2) is 25.0. The van der Waals surface area contributed by atoms with E-state index in [1.165, 1.54) is 38.0 Å². The molecule has 2 aromatic rings. The van der Waals surface area contributed by atoms with Gasteiger partial charge in [-0.15, -0.1) is 5.10 Å². The Morgan fingerprint density at radius 1 is 0.986 bits per heavy atom. The number of methoxy groups -OCH3 is 2. The maximum absolute atomic E-state index is 14.7. The van der Waals surface area contributed by atoms with Crippen molar-refractivity contribution in [2.45, 2.75) is 203 Å². The number of hydrogen-bond acceptors (Lipinski definition) is 18. The van der Waals surface area contributed by atoms with E-state index >= 15 is 0 Å². The van der Waals surface area contributed by atoms with Gasteiger partial charge in [0.1, 0.15) is 48.8 Å². The van der Waals surface area contributed by atoms with Crippen LogP contribution in [0.2, 0.25) is 0 Å². The molecule has 0 saturated carbocycles. The molecule has 0 unspecified atom stereocenters. The number of carbonyl (C=O) groups is 2. The average molecular weight is 1030 g/mol. The number of benzene rings is 1. The van der Waals surface area contributed by atoms with Gasteiger partial charge >= 0.3 is 11.9 Å². The largest absolute Gasteiger partial charge is 0.478 e. The molecule has 0 aliphatic carbocycles. The molecule has 3 saturated heterocycles. The van der Waals surface area contributed by atoms with Gasteiger partial charge in [-0.3, -0.25) is 4.79 Å². The molecule has 72 heavy (non-hydrogen) atoms. The van der Waals surface area contributed by atoms with Crippen LogP contribution in [0.3, 0.4) is 0 Å². The minimum atomic E-state index is -1.85. The van der Waals surface area contributed by atoms with E-state index in [-0.39, 0.29) is 37.2 Å². The molecule has 6 N–H and O–H groups in total. The van der Waals surface area contributed by atoms with Crippen molar-refractivity contribution in [3.8, 4) is 0 Å². The van der Waals surface area contributed by atoms with Crippen LogP contribution in [0, 0.1) is 11.8 Å². The van der Waals surface area contributed by atoms with Crippen LogP contribution in [-0.4, -0.2) is 206 Å². The molecule has 19 atom stereocenters. The number of cyclic esters (lactones) is 1. The third-order valence-electron chi connectivity index (χ3n) is 15.6. The van der Waals surface area contributed by atoms with Crippen molar-refractivity contribution in [1.29, 1.82) is 0 Å². The van der Waals surface area contributed by atoms with Crippen molar-refractivity contribution >= 4 is 11.9 Å². The van der Waals surface area contributed by atoms with E-state index in [0.717, 1.165) is 0 Å². The Hall–Kier alpha value is -3.29. The van der Waals surface area contributed by atoms with Gasteiger partial charge in [-0.1, -0.05) is 31.2 Å². The Balaban J connectivity index is 1.42. The number of carbonyl (C=O) groups excluding carboxylic acids is 1. The van der Waals surface area contributed by atoms with Gasteiger partial charge in [0.2, 0.25) is 0 Å². The van der Waals surface area contributed by atoms with E-state index in [9.17, 15) is 44.6 Å². The highest BCUT2D eigenvalue weighted by atomic mass is 19.1. The van der Waals surface area contributed by atoms with Gasteiger partial charge in [0.25, 0.3) is 0 Å². The van der Waals surface area contributed by atoms with Crippen LogP contribution in [0.4, 0.5) is 4.39 Å². The number of rotatable bonds is 16. The number of ether oxygens (including phenoxy) is 7. The molecule has 0 radical (unpaired) electrons. The fourth-order valence-corrected chi connectivity index (χ4v) is 10.7. The standard InChI is InChI=1S/C51H84FN5O15/c1-14-39-51(9,65)44(59)31(5)56(11)26-28(2)23-49(7,64)40(22-38(30(4)47(63)71-39)70-41-24-50(8,67-13)45(60)32(6)69-41)72-48-42(58)36(21-29(3)68-48)55(10)20-19-35-27-57(54-53-35)37(25-52)43(66-12)33-15-17-34(18-16-33)46(61)62/h15-18,27-32,36-45,48,58-60,64-65H,14,19-26H2,1-13H3,(H,61,62)/t28-,29-,30-,31-,32+,36+,37-,38+,39-,40-,41+,42-,43-,44-,45+,48+,49-,50-,51-/m1/s1. The quantitative estimate of drug-likeness (QED) is 0.132. The summed E-state index contributed by atoms with van der Waals surface area (Å²) in [7, 11) is 6.59. The molecule has 0 spiro atoms. The highest BCUT2D eigenvalue weighted by Crippen LogP contribution is 2.39. The van der Waals surface area contributed by atoms with E-state index < -0.39 is 127 Å². The number of nitrogens with zero attached hydrogens (tertiary/aromatic N) is 5. The third kappa shape index (κ3) is 13.9. The van der Waals surface area contributed by atoms with Gasteiger partial charge in [-0.25, -0.2) is 13.9 Å². The van der Waals surface area contributed by atoms with Gasteiger partial charge in [0, 0.05) is 64.9 Å². The predicted octanol–water partition coefficient (Wildman–Crippen LogP) is 3.46. The number of aromatic carboxylic acids is 1. The molecular weight excluding hydrogens is 942 g/mol. The monoisotopic (exact) mass is 1030 g/mol. The van der Waals surface area contributed by atoms with Crippen LogP contribution in [0.5, 0.6) is 0 Å². The van der Waals surface area contributed by atoms with E-state index in [1.807, 2.05) is 37.7 Å². The lowest BCUT2D eigenvalue weighted by Crippen LogP contribution is -2.59. The Bertz CT molecular complexity index is 2030. The van der Waals surface area contributed by atoms with Gasteiger partial charge in [-0.2, -0.15) is 0 Å². The number of aliphatic hydroxyl groups is 5. The summed E-state index contributed by atoms with van der Waals surface area (Å²) in [6.45, 7) is 15.4. The van der Waals surface area contributed by atoms with Gasteiger partial charge in [-0.05, 0) is 105 Å². The van der Waals surface area contributed by atoms with Crippen molar-refractivity contribution in [1.82, 2.24) is 24.8 Å². The fourth-order valence-electron chi connectivity index (χ4n) is 10.7. The average Bonchev–Trinajstić information content (AvgIpc) is 3.80. The first kappa shape index (κ1) is 59.6.